The van der Waals surface area contributed by atoms with Gasteiger partial charge in [-0.1, -0.05) is 89.8 Å². The number of pyridine rings is 2. The Morgan fingerprint density at radius 2 is 1.59 bits per heavy atom. The van der Waals surface area contributed by atoms with Crippen LogP contribution in [0.1, 0.15) is 37.5 Å². The number of rotatable bonds is 7. The fourth-order valence-corrected chi connectivity index (χ4v) is 10.8. The molecule has 0 unspecified atom stereocenters. The Labute approximate surface area is 381 Å². The first kappa shape index (κ1) is 36.0. The number of nitrogens with zero attached hydrogens (tertiary/aromatic N) is 4. The smallest absolute Gasteiger partial charge is 0 e. The Kier molecular flexibility index (Phi) is 10.3. The van der Waals surface area contributed by atoms with Crippen molar-refractivity contribution < 1.29 is 31.4 Å². The summed E-state index contributed by atoms with van der Waals surface area (Å²) in [4.78, 5) is 14.4. The molecule has 0 aliphatic heterocycles. The number of para-hydroxylation sites is 2. The van der Waals surface area contributed by atoms with E-state index in [2.05, 4.69) is 135 Å². The Morgan fingerprint density at radius 1 is 0.803 bits per heavy atom. The Balaban J connectivity index is 0.000000193. The summed E-state index contributed by atoms with van der Waals surface area (Å²) in [5, 5.41) is 4.31. The van der Waals surface area contributed by atoms with Crippen molar-refractivity contribution in [1.82, 2.24) is 19.5 Å². The van der Waals surface area contributed by atoms with Crippen LogP contribution in [0.25, 0.3) is 83.3 Å². The van der Waals surface area contributed by atoms with E-state index >= 15 is 0 Å². The summed E-state index contributed by atoms with van der Waals surface area (Å²) in [7, 11) is 0. The average Bonchev–Trinajstić information content (AvgIpc) is 3.86. The van der Waals surface area contributed by atoms with E-state index in [1.165, 1.54) is 11.5 Å². The summed E-state index contributed by atoms with van der Waals surface area (Å²) in [5.41, 5.74) is 10.6. The molecule has 0 bridgehead atoms. The van der Waals surface area contributed by atoms with E-state index in [4.69, 9.17) is 16.3 Å². The van der Waals surface area contributed by atoms with E-state index in [0.717, 1.165) is 71.1 Å². The Bertz CT molecular complexity index is 3380. The molecule has 10 aromatic rings. The van der Waals surface area contributed by atoms with E-state index in [9.17, 15) is 0 Å². The number of aryl methyl sites for hydroxylation is 2. The van der Waals surface area contributed by atoms with Gasteiger partial charge in [0.15, 0.2) is 0 Å². The standard InChI is InChI=1S/C35H22N3O.C19H26GeN.Ir/c1-22-18-20-28-27-14-9-15-29(33(27)39-35(28)36-22)34-37-30-16-7-8-17-31(30)38(34)32-25-13-6-5-12-24(25)19-21-26(32)23-10-3-2-4-11-23;1-14(2)11-17-12-19(16-9-7-15(3)8-10-16)21-13-18(17)20(4,5)6;/h2-14,16-21H,1H3;7-9,12-14H,11H2,1-6H3;/q2*-1;/i;3D3,11D2;. The van der Waals surface area contributed by atoms with Gasteiger partial charge in [0.1, 0.15) is 0 Å². The quantitative estimate of drug-likeness (QED) is 0.118. The van der Waals surface area contributed by atoms with E-state index in [-0.39, 0.29) is 31.6 Å². The van der Waals surface area contributed by atoms with Crippen molar-refractivity contribution in [1.29, 1.82) is 0 Å². The van der Waals surface area contributed by atoms with Crippen LogP contribution in [0.5, 0.6) is 0 Å². The molecule has 0 atom stereocenters. The summed E-state index contributed by atoms with van der Waals surface area (Å²) in [6, 6.07) is 52.9. The van der Waals surface area contributed by atoms with Gasteiger partial charge >= 0.3 is 139 Å². The largest absolute Gasteiger partial charge is 0 e. The van der Waals surface area contributed by atoms with Gasteiger partial charge in [-0.15, -0.1) is 18.2 Å². The predicted octanol–water partition coefficient (Wildman–Crippen LogP) is 13.5. The van der Waals surface area contributed by atoms with Gasteiger partial charge in [-0.2, -0.15) is 0 Å². The molecule has 4 aromatic heterocycles. The van der Waals surface area contributed by atoms with E-state index in [1.54, 1.807) is 12.1 Å². The molecule has 4 heterocycles. The van der Waals surface area contributed by atoms with E-state index in [1.807, 2.05) is 57.3 Å². The van der Waals surface area contributed by atoms with Gasteiger partial charge in [-0.3, -0.25) is 4.98 Å². The molecule has 0 saturated heterocycles. The van der Waals surface area contributed by atoms with Crippen molar-refractivity contribution >= 4 is 61.5 Å². The molecule has 0 fully saturated rings. The van der Waals surface area contributed by atoms with Gasteiger partial charge in [0.2, 0.25) is 5.71 Å². The minimum atomic E-state index is -2.32. The van der Waals surface area contributed by atoms with Gasteiger partial charge in [-0.05, 0) is 42.1 Å². The van der Waals surface area contributed by atoms with Gasteiger partial charge in [-0.25, -0.2) is 4.98 Å². The van der Waals surface area contributed by atoms with Gasteiger partial charge < -0.3 is 8.98 Å². The third-order valence-corrected chi connectivity index (χ3v) is 14.9. The Hall–Kier alpha value is -5.66. The second-order valence-electron chi connectivity index (χ2n) is 16.5. The van der Waals surface area contributed by atoms with Crippen LogP contribution in [0.15, 0.2) is 150 Å². The van der Waals surface area contributed by atoms with Crippen LogP contribution >= 0.6 is 0 Å². The normalized spacial score (nSPS) is 13.3. The molecule has 61 heavy (non-hydrogen) atoms. The molecule has 0 aliphatic rings. The fraction of sp³-hybridized carbons (Fsp3) is 0.167. The van der Waals surface area contributed by atoms with Crippen LogP contribution in [0.3, 0.4) is 0 Å². The van der Waals surface area contributed by atoms with Crippen molar-refractivity contribution in [2.75, 3.05) is 0 Å². The van der Waals surface area contributed by atoms with E-state index in [0.29, 0.717) is 22.5 Å². The van der Waals surface area contributed by atoms with Gasteiger partial charge in [0.25, 0.3) is 0 Å². The van der Waals surface area contributed by atoms with Crippen LogP contribution in [-0.2, 0) is 26.5 Å². The first-order valence-electron chi connectivity index (χ1n) is 22.8. The monoisotopic (exact) mass is 1040 g/mol. The molecule has 7 heteroatoms. The maximum absolute atomic E-state index is 8.60. The van der Waals surface area contributed by atoms with Crippen molar-refractivity contribution in [3.8, 4) is 39.5 Å². The second-order valence-corrected chi connectivity index (χ2v) is 27.0. The zero-order valence-electron chi connectivity index (χ0n) is 40.0. The number of imidazole rings is 1. The molecular weight excluding hydrogens is 985 g/mol. The third-order valence-electron chi connectivity index (χ3n) is 10.7. The van der Waals surface area contributed by atoms with Gasteiger partial charge in [0, 0.05) is 42.1 Å². The van der Waals surface area contributed by atoms with E-state index < -0.39 is 26.5 Å². The number of aromatic nitrogens is 4. The number of furan rings is 1. The summed E-state index contributed by atoms with van der Waals surface area (Å²) >= 11 is -2.32. The SMILES string of the molecule is Cc1ccc2c(n1)oc1c(-c3nc4ccccc4n3-c3c(-c4ccccc4)ccc4ccccc34)[c-]ccc12.[2H]C([2H])([2H])c1c[c-]c(-c2cc(C([2H])([2H])C(C)C)[c]([Ge]([CH3])([CH3])[CH3])cn2)cc1.[Ir]. The van der Waals surface area contributed by atoms with Crippen LogP contribution in [0, 0.1) is 31.8 Å². The molecule has 1 radical (unpaired) electrons. The zero-order chi connectivity index (χ0) is 45.8. The fourth-order valence-electron chi connectivity index (χ4n) is 7.86. The summed E-state index contributed by atoms with van der Waals surface area (Å²) in [6.07, 6.45) is 0.362. The first-order chi connectivity index (χ1) is 31.0. The van der Waals surface area contributed by atoms with Gasteiger partial charge in [0.05, 0.1) is 28.1 Å². The molecule has 305 valence electrons. The maximum atomic E-state index is 8.60. The average molecular weight is 1040 g/mol. The second kappa shape index (κ2) is 17.4. The minimum Gasteiger partial charge on any atom is 0 e. The molecule has 6 aromatic carbocycles. The van der Waals surface area contributed by atoms with Crippen LogP contribution < -0.4 is 4.40 Å². The van der Waals surface area contributed by atoms with Crippen LogP contribution in [-0.4, -0.2) is 32.8 Å². The van der Waals surface area contributed by atoms with Crippen LogP contribution in [0.2, 0.25) is 17.3 Å². The molecular formula is C54H48GeIrN4O-2. The summed E-state index contributed by atoms with van der Waals surface area (Å²) in [6.45, 7) is 3.59. The number of benzene rings is 6. The van der Waals surface area contributed by atoms with Crippen LogP contribution in [0.4, 0.5) is 0 Å². The summed E-state index contributed by atoms with van der Waals surface area (Å²) in [5.74, 6) is 7.31. The summed E-state index contributed by atoms with van der Waals surface area (Å²) < 4.78 is 49.3. The van der Waals surface area contributed by atoms with Crippen molar-refractivity contribution in [3.05, 3.63) is 175 Å². The molecule has 10 rings (SSSR count). The van der Waals surface area contributed by atoms with Crippen molar-refractivity contribution in [2.24, 2.45) is 5.92 Å². The molecule has 0 N–H and O–H groups in total. The molecule has 0 saturated carbocycles. The topological polar surface area (TPSA) is 56.7 Å². The van der Waals surface area contributed by atoms with Crippen molar-refractivity contribution in [2.45, 2.75) is 51.3 Å². The maximum Gasteiger partial charge on any atom is 0 e. The van der Waals surface area contributed by atoms with Crippen molar-refractivity contribution in [3.63, 3.8) is 0 Å². The number of hydrogen-bond acceptors (Lipinski definition) is 4. The number of fused-ring (bicyclic) bond motifs is 5. The third kappa shape index (κ3) is 8.37. The molecule has 0 aliphatic carbocycles. The Morgan fingerprint density at radius 3 is 2.36 bits per heavy atom. The minimum absolute atomic E-state index is 0. The molecule has 5 nitrogen and oxygen atoms in total. The first-order valence-corrected chi connectivity index (χ1v) is 27.6. The number of hydrogen-bond donors (Lipinski definition) is 0. The molecule has 0 spiro atoms. The zero-order valence-corrected chi connectivity index (χ0v) is 39.5. The predicted molar refractivity (Wildman–Crippen MR) is 253 cm³/mol. The molecule has 0 amide bonds.